The molecule has 0 spiro atoms. The normalized spacial score (nSPS) is 15.9. The zero-order valence-corrected chi connectivity index (χ0v) is 21.3. The highest BCUT2D eigenvalue weighted by molar-refractivity contribution is 6.01. The van der Waals surface area contributed by atoms with Gasteiger partial charge in [-0.15, -0.1) is 0 Å². The molecule has 10 nitrogen and oxygen atoms in total. The molecule has 1 fully saturated rings. The zero-order valence-electron chi connectivity index (χ0n) is 21.3. The SMILES string of the molecule is CC[C@@](O)(c1ccc(F)cc1)c1cnc(N2CCN(/C(=N/C=N)c3cc(-c4cnn(C)c4)c[nH]3)CC2)nc1. The smallest absolute Gasteiger partial charge is 0.225 e. The van der Waals surface area contributed by atoms with E-state index in [-0.39, 0.29) is 5.82 Å². The van der Waals surface area contributed by atoms with Crippen LogP contribution < -0.4 is 4.90 Å². The Balaban J connectivity index is 1.27. The first-order chi connectivity index (χ1) is 18.4. The predicted octanol–water partition coefficient (Wildman–Crippen LogP) is 3.17. The molecule has 4 aromatic rings. The van der Waals surface area contributed by atoms with E-state index in [1.54, 1.807) is 29.2 Å². The lowest BCUT2D eigenvalue weighted by Crippen LogP contribution is -2.49. The second-order valence-corrected chi connectivity index (χ2v) is 9.25. The minimum Gasteiger partial charge on any atom is -0.380 e. The summed E-state index contributed by atoms with van der Waals surface area (Å²) in [5.41, 5.74) is 2.70. The Morgan fingerprint density at radius 3 is 2.42 bits per heavy atom. The van der Waals surface area contributed by atoms with Gasteiger partial charge in [-0.2, -0.15) is 5.10 Å². The standard InChI is InChI=1S/C27H30FN9O/c1-3-27(38,21-4-6-23(28)7-5-21)22-15-31-26(32-16-22)37-10-8-36(9-11-37)25(33-18-29)24-12-19(13-30-24)20-14-34-35(2)17-20/h4-7,12-18,29-30,38H,3,8-11H2,1-2H3/b29-18?,33-25+/t27-/m1/s1. The number of anilines is 1. The molecule has 0 amide bonds. The summed E-state index contributed by atoms with van der Waals surface area (Å²) in [5.74, 6) is 0.936. The molecule has 3 aromatic heterocycles. The Labute approximate surface area is 220 Å². The van der Waals surface area contributed by atoms with Crippen molar-refractivity contribution in [1.82, 2.24) is 29.6 Å². The fraction of sp³-hybridized carbons (Fsp3) is 0.296. The minimum absolute atomic E-state index is 0.350. The van der Waals surface area contributed by atoms with Crippen molar-refractivity contribution in [2.24, 2.45) is 12.0 Å². The molecule has 1 aromatic carbocycles. The largest absolute Gasteiger partial charge is 0.380 e. The highest BCUT2D eigenvalue weighted by Gasteiger charge is 2.31. The fourth-order valence-corrected chi connectivity index (χ4v) is 4.76. The van der Waals surface area contributed by atoms with Crippen molar-refractivity contribution in [1.29, 1.82) is 5.41 Å². The number of hydrogen-bond donors (Lipinski definition) is 3. The zero-order chi connectivity index (χ0) is 26.7. The van der Waals surface area contributed by atoms with Gasteiger partial charge in [-0.1, -0.05) is 19.1 Å². The molecule has 0 unspecified atom stereocenters. The molecular formula is C27H30FN9O. The molecule has 38 heavy (non-hydrogen) atoms. The van der Waals surface area contributed by atoms with E-state index >= 15 is 0 Å². The van der Waals surface area contributed by atoms with E-state index in [9.17, 15) is 9.50 Å². The molecule has 1 aliphatic rings. The maximum atomic E-state index is 13.4. The monoisotopic (exact) mass is 515 g/mol. The minimum atomic E-state index is -1.30. The average Bonchev–Trinajstić information content (AvgIpc) is 3.61. The number of nitrogens with one attached hydrogen (secondary N) is 2. The third-order valence-corrected chi connectivity index (χ3v) is 6.96. The van der Waals surface area contributed by atoms with E-state index in [1.165, 1.54) is 12.1 Å². The number of amidine groups is 1. The van der Waals surface area contributed by atoms with Gasteiger partial charge in [-0.3, -0.25) is 10.1 Å². The van der Waals surface area contributed by atoms with Crippen molar-refractivity contribution in [3.8, 4) is 11.1 Å². The number of benzene rings is 1. The fourth-order valence-electron chi connectivity index (χ4n) is 4.76. The molecule has 1 atom stereocenters. The number of aliphatic imine (C=N–C) groups is 1. The quantitative estimate of drug-likeness (QED) is 0.257. The van der Waals surface area contributed by atoms with E-state index < -0.39 is 5.60 Å². The first-order valence-corrected chi connectivity index (χ1v) is 12.5. The van der Waals surface area contributed by atoms with E-state index in [2.05, 4.69) is 34.8 Å². The van der Waals surface area contributed by atoms with Gasteiger partial charge >= 0.3 is 0 Å². The van der Waals surface area contributed by atoms with Crippen molar-refractivity contribution in [2.45, 2.75) is 18.9 Å². The van der Waals surface area contributed by atoms with Crippen LogP contribution in [0.1, 0.15) is 30.2 Å². The summed E-state index contributed by atoms with van der Waals surface area (Å²) in [7, 11) is 1.88. The molecule has 11 heteroatoms. The van der Waals surface area contributed by atoms with Gasteiger partial charge in [0.1, 0.15) is 17.8 Å². The maximum Gasteiger partial charge on any atom is 0.225 e. The number of halogens is 1. The molecule has 0 bridgehead atoms. The molecule has 5 rings (SSSR count). The van der Waals surface area contributed by atoms with E-state index in [0.29, 0.717) is 55.5 Å². The number of hydrogen-bond acceptors (Lipinski definition) is 6. The van der Waals surface area contributed by atoms with Crippen LogP contribution in [0, 0.1) is 11.2 Å². The lowest BCUT2D eigenvalue weighted by atomic mass is 9.86. The molecule has 0 aliphatic carbocycles. The number of aliphatic hydroxyl groups is 1. The summed E-state index contributed by atoms with van der Waals surface area (Å²) in [6.07, 6.45) is 10.4. The van der Waals surface area contributed by atoms with Gasteiger partial charge in [0.25, 0.3) is 0 Å². The van der Waals surface area contributed by atoms with E-state index in [1.807, 2.05) is 38.6 Å². The Morgan fingerprint density at radius 1 is 1.11 bits per heavy atom. The number of aryl methyl sites for hydroxylation is 1. The third-order valence-electron chi connectivity index (χ3n) is 6.96. The van der Waals surface area contributed by atoms with Crippen molar-refractivity contribution in [3.05, 3.63) is 84.0 Å². The van der Waals surface area contributed by atoms with Crippen LogP contribution in [0.3, 0.4) is 0 Å². The predicted molar refractivity (Wildman–Crippen MR) is 144 cm³/mol. The highest BCUT2D eigenvalue weighted by Crippen LogP contribution is 2.32. The molecule has 3 N–H and O–H groups in total. The molecule has 4 heterocycles. The molecule has 196 valence electrons. The summed E-state index contributed by atoms with van der Waals surface area (Å²) >= 11 is 0. The molecule has 1 saturated heterocycles. The Kier molecular flexibility index (Phi) is 7.01. The molecule has 1 aliphatic heterocycles. The lowest BCUT2D eigenvalue weighted by molar-refractivity contribution is 0.0757. The van der Waals surface area contributed by atoms with Crippen LogP contribution in [0.4, 0.5) is 10.3 Å². The van der Waals surface area contributed by atoms with E-state index in [0.717, 1.165) is 23.2 Å². The van der Waals surface area contributed by atoms with Gasteiger partial charge in [0.2, 0.25) is 5.95 Å². The summed E-state index contributed by atoms with van der Waals surface area (Å²) in [6, 6.07) is 7.87. The summed E-state index contributed by atoms with van der Waals surface area (Å²) in [5, 5.41) is 23.1. The third kappa shape index (κ3) is 4.92. The van der Waals surface area contributed by atoms with Gasteiger partial charge in [0, 0.05) is 74.7 Å². The number of piperazine rings is 1. The number of rotatable bonds is 7. The van der Waals surface area contributed by atoms with Crippen molar-refractivity contribution < 1.29 is 9.50 Å². The Hall–Kier alpha value is -4.38. The van der Waals surface area contributed by atoms with Crippen LogP contribution >= 0.6 is 0 Å². The first kappa shape index (κ1) is 25.3. The van der Waals surface area contributed by atoms with Crippen molar-refractivity contribution in [3.63, 3.8) is 0 Å². The van der Waals surface area contributed by atoms with Crippen LogP contribution in [-0.2, 0) is 12.6 Å². The summed E-state index contributed by atoms with van der Waals surface area (Å²) in [4.78, 5) is 20.9. The molecule has 0 radical (unpaired) electrons. The van der Waals surface area contributed by atoms with Crippen LogP contribution in [0.2, 0.25) is 0 Å². The second-order valence-electron chi connectivity index (χ2n) is 9.25. The first-order valence-electron chi connectivity index (χ1n) is 12.5. The van der Waals surface area contributed by atoms with Crippen molar-refractivity contribution in [2.75, 3.05) is 31.1 Å². The number of aromatic nitrogens is 5. The highest BCUT2D eigenvalue weighted by atomic mass is 19.1. The Morgan fingerprint density at radius 2 is 1.82 bits per heavy atom. The second kappa shape index (κ2) is 10.5. The molecule has 0 saturated carbocycles. The average molecular weight is 516 g/mol. The van der Waals surface area contributed by atoms with Gasteiger partial charge in [-0.25, -0.2) is 19.4 Å². The van der Waals surface area contributed by atoms with Crippen LogP contribution in [0.5, 0.6) is 0 Å². The van der Waals surface area contributed by atoms with Gasteiger partial charge in [-0.05, 0) is 30.2 Å². The number of nitrogens with zero attached hydrogens (tertiary/aromatic N) is 7. The molecular weight excluding hydrogens is 485 g/mol. The van der Waals surface area contributed by atoms with Gasteiger partial charge < -0.3 is 19.9 Å². The maximum absolute atomic E-state index is 13.4. The lowest BCUT2D eigenvalue weighted by Gasteiger charge is -2.36. The van der Waals surface area contributed by atoms with Crippen LogP contribution in [0.15, 0.2) is 66.3 Å². The van der Waals surface area contributed by atoms with Crippen molar-refractivity contribution >= 4 is 18.1 Å². The van der Waals surface area contributed by atoms with Crippen LogP contribution in [-0.4, -0.2) is 73.1 Å². The summed E-state index contributed by atoms with van der Waals surface area (Å²) < 4.78 is 15.1. The van der Waals surface area contributed by atoms with E-state index in [4.69, 9.17) is 5.41 Å². The number of aromatic amines is 1. The van der Waals surface area contributed by atoms with Crippen LogP contribution in [0.25, 0.3) is 11.1 Å². The van der Waals surface area contributed by atoms with Gasteiger partial charge in [0.15, 0.2) is 5.84 Å². The topological polar surface area (TPSA) is 122 Å². The Bertz CT molecular complexity index is 1420. The summed E-state index contributed by atoms with van der Waals surface area (Å²) in [6.45, 7) is 4.56. The van der Waals surface area contributed by atoms with Gasteiger partial charge in [0.05, 0.1) is 11.9 Å². The number of H-pyrrole nitrogens is 1.